The van der Waals surface area contributed by atoms with Crippen LogP contribution >= 0.6 is 0 Å². The van der Waals surface area contributed by atoms with E-state index in [1.807, 2.05) is 0 Å². The third kappa shape index (κ3) is 2.89. The van der Waals surface area contributed by atoms with Crippen LogP contribution in [0.2, 0.25) is 0 Å². The van der Waals surface area contributed by atoms with Crippen LogP contribution in [0.3, 0.4) is 0 Å². The highest BCUT2D eigenvalue weighted by Crippen LogP contribution is 2.42. The number of hydrogen-bond donors (Lipinski definition) is 0. The Morgan fingerprint density at radius 3 is 1.93 bits per heavy atom. The van der Waals surface area contributed by atoms with Gasteiger partial charge < -0.3 is 0 Å². The molecule has 0 aromatic heterocycles. The molecule has 1 heterocycles. The highest BCUT2D eigenvalue weighted by Gasteiger charge is 2.42. The molecule has 1 atom stereocenters. The third-order valence-electron chi connectivity index (χ3n) is 6.10. The maximum Gasteiger partial charge on any atom is 0.285 e. The Labute approximate surface area is 169 Å². The summed E-state index contributed by atoms with van der Waals surface area (Å²) in [7, 11) is 2.36. The topological polar surface area (TPSA) is 3.01 Å². The molecule has 0 aliphatic carbocycles. The van der Waals surface area contributed by atoms with Crippen molar-refractivity contribution < 1.29 is 4.58 Å². The van der Waals surface area contributed by atoms with Gasteiger partial charge in [-0.15, -0.1) is 4.58 Å². The molecule has 1 aliphatic heterocycles. The van der Waals surface area contributed by atoms with Crippen LogP contribution in [0.5, 0.6) is 0 Å². The summed E-state index contributed by atoms with van der Waals surface area (Å²) in [4.78, 5) is 0. The molecular weight excluding hydrogens is 340 g/mol. The number of nitrogens with zero attached hydrogens (tertiary/aromatic N) is 2. The van der Waals surface area contributed by atoms with Gasteiger partial charge in [0.25, 0.3) is 6.67 Å². The van der Waals surface area contributed by atoms with Crippen molar-refractivity contribution in [3.63, 3.8) is 0 Å². The van der Waals surface area contributed by atoms with Gasteiger partial charge in [-0.2, -0.15) is 0 Å². The summed E-state index contributed by atoms with van der Waals surface area (Å²) in [5.41, 5.74) is 12.0. The van der Waals surface area contributed by atoms with E-state index in [0.29, 0.717) is 0 Å². The van der Waals surface area contributed by atoms with E-state index in [1.165, 1.54) is 50.4 Å². The largest absolute Gasteiger partial charge is 0.285 e. The lowest BCUT2D eigenvalue weighted by Gasteiger charge is -2.36. The van der Waals surface area contributed by atoms with Crippen LogP contribution in [0.4, 0.5) is 17.1 Å². The minimum absolute atomic E-state index is 0.776. The van der Waals surface area contributed by atoms with Gasteiger partial charge in [-0.25, -0.2) is 4.48 Å². The maximum absolute atomic E-state index is 2.46. The lowest BCUT2D eigenvalue weighted by Crippen LogP contribution is -2.49. The SMILES string of the molecule is Cc1ccc2c(c1)C=[N+](c1c(C)cccc1C)C[N+]2(C)c1c(C)cccc1C. The van der Waals surface area contributed by atoms with E-state index in [2.05, 4.69) is 107 Å². The molecule has 2 heteroatoms. The van der Waals surface area contributed by atoms with Crippen molar-refractivity contribution in [3.8, 4) is 0 Å². The number of quaternary nitrogens is 1. The minimum atomic E-state index is 0.776. The van der Waals surface area contributed by atoms with Gasteiger partial charge in [-0.1, -0.05) is 42.5 Å². The molecule has 0 bridgehead atoms. The fourth-order valence-corrected chi connectivity index (χ4v) is 4.99. The van der Waals surface area contributed by atoms with Crippen LogP contribution in [-0.2, 0) is 0 Å². The van der Waals surface area contributed by atoms with Crippen molar-refractivity contribution in [2.75, 3.05) is 13.7 Å². The molecule has 0 saturated carbocycles. The highest BCUT2D eigenvalue weighted by atomic mass is 15.4. The Kier molecular flexibility index (Phi) is 4.47. The summed E-state index contributed by atoms with van der Waals surface area (Å²) in [5.74, 6) is 0. The molecule has 1 aliphatic rings. The first-order chi connectivity index (χ1) is 13.3. The first kappa shape index (κ1) is 18.6. The normalized spacial score (nSPS) is 18.6. The minimum Gasteiger partial charge on any atom is -0.205 e. The Hall–Kier alpha value is -2.71. The van der Waals surface area contributed by atoms with E-state index in [1.54, 1.807) is 0 Å². The number of rotatable bonds is 2. The summed E-state index contributed by atoms with van der Waals surface area (Å²) < 4.78 is 3.23. The van der Waals surface area contributed by atoms with Crippen molar-refractivity contribution in [1.82, 2.24) is 4.48 Å². The van der Waals surface area contributed by atoms with Gasteiger partial charge in [-0.05, 0) is 46.2 Å². The molecule has 4 rings (SSSR count). The van der Waals surface area contributed by atoms with Crippen molar-refractivity contribution >= 4 is 23.3 Å². The molecule has 28 heavy (non-hydrogen) atoms. The van der Waals surface area contributed by atoms with E-state index in [0.717, 1.165) is 11.2 Å². The van der Waals surface area contributed by atoms with Crippen molar-refractivity contribution in [3.05, 3.63) is 88.0 Å². The maximum atomic E-state index is 2.46. The predicted molar refractivity (Wildman–Crippen MR) is 120 cm³/mol. The average Bonchev–Trinajstić information content (AvgIpc) is 2.61. The lowest BCUT2D eigenvalue weighted by atomic mass is 10.00. The predicted octanol–water partition coefficient (Wildman–Crippen LogP) is 6.23. The standard InChI is InChI=1S/C26H30N2/c1-18-13-14-24-23(15-18)16-27(25-19(2)9-7-10-20(25)3)17-28(24,6)26-21(4)11-8-12-22(26)5/h7-16H,17H2,1-6H3/q+2. The zero-order valence-corrected chi connectivity index (χ0v) is 17.9. The fourth-order valence-electron chi connectivity index (χ4n) is 4.99. The van der Waals surface area contributed by atoms with Crippen LogP contribution in [0.25, 0.3) is 0 Å². The zero-order chi connectivity index (χ0) is 20.1. The summed E-state index contributed by atoms with van der Waals surface area (Å²) in [5, 5.41) is 0. The monoisotopic (exact) mass is 370 g/mol. The molecule has 0 spiro atoms. The molecule has 1 unspecified atom stereocenters. The van der Waals surface area contributed by atoms with Crippen LogP contribution in [0.15, 0.2) is 54.6 Å². The van der Waals surface area contributed by atoms with Gasteiger partial charge in [0.15, 0.2) is 11.9 Å². The van der Waals surface area contributed by atoms with Gasteiger partial charge >= 0.3 is 0 Å². The fraction of sp³-hybridized carbons (Fsp3) is 0.269. The van der Waals surface area contributed by atoms with Crippen molar-refractivity contribution in [2.24, 2.45) is 0 Å². The second kappa shape index (κ2) is 6.72. The Morgan fingerprint density at radius 2 is 1.32 bits per heavy atom. The summed E-state index contributed by atoms with van der Waals surface area (Å²) >= 11 is 0. The van der Waals surface area contributed by atoms with Gasteiger partial charge in [0.1, 0.15) is 11.3 Å². The summed E-state index contributed by atoms with van der Waals surface area (Å²) in [6.07, 6.45) is 2.34. The summed E-state index contributed by atoms with van der Waals surface area (Å²) in [6.45, 7) is 12.0. The zero-order valence-electron chi connectivity index (χ0n) is 17.9. The molecule has 0 amide bonds. The van der Waals surface area contributed by atoms with Gasteiger partial charge in [0.05, 0.1) is 7.05 Å². The van der Waals surface area contributed by atoms with E-state index >= 15 is 0 Å². The number of hydrogen-bond acceptors (Lipinski definition) is 0. The second-order valence-electron chi connectivity index (χ2n) is 8.47. The van der Waals surface area contributed by atoms with Crippen LogP contribution in [0.1, 0.15) is 33.4 Å². The molecule has 3 aromatic carbocycles. The molecule has 0 radical (unpaired) electrons. The smallest absolute Gasteiger partial charge is 0.205 e. The molecule has 3 aromatic rings. The van der Waals surface area contributed by atoms with Crippen LogP contribution in [0, 0.1) is 34.6 Å². The number of para-hydroxylation sites is 2. The molecular formula is C26H30N2+2. The first-order valence-corrected chi connectivity index (χ1v) is 10.0. The molecule has 0 fully saturated rings. The number of benzene rings is 3. The Bertz CT molecular complexity index is 1070. The van der Waals surface area contributed by atoms with Gasteiger partial charge in [-0.3, -0.25) is 0 Å². The lowest BCUT2D eigenvalue weighted by molar-refractivity contribution is -0.457. The Balaban J connectivity index is 2.02. The van der Waals surface area contributed by atoms with E-state index in [4.69, 9.17) is 0 Å². The molecule has 2 nitrogen and oxygen atoms in total. The van der Waals surface area contributed by atoms with E-state index < -0.39 is 0 Å². The van der Waals surface area contributed by atoms with E-state index in [9.17, 15) is 0 Å². The van der Waals surface area contributed by atoms with E-state index in [-0.39, 0.29) is 0 Å². The number of aryl methyl sites for hydroxylation is 5. The third-order valence-corrected chi connectivity index (χ3v) is 6.10. The van der Waals surface area contributed by atoms with Gasteiger partial charge in [0, 0.05) is 28.3 Å². The molecule has 142 valence electrons. The average molecular weight is 371 g/mol. The van der Waals surface area contributed by atoms with Crippen molar-refractivity contribution in [2.45, 2.75) is 34.6 Å². The second-order valence-corrected chi connectivity index (χ2v) is 8.47. The highest BCUT2D eigenvalue weighted by molar-refractivity contribution is 5.88. The quantitative estimate of drug-likeness (QED) is 0.371. The van der Waals surface area contributed by atoms with Gasteiger partial charge in [0.2, 0.25) is 5.69 Å². The van der Waals surface area contributed by atoms with Crippen LogP contribution < -0.4 is 4.48 Å². The Morgan fingerprint density at radius 1 is 0.750 bits per heavy atom. The molecule has 0 saturated heterocycles. The van der Waals surface area contributed by atoms with Crippen LogP contribution in [-0.4, -0.2) is 24.5 Å². The first-order valence-electron chi connectivity index (χ1n) is 10.0. The summed E-state index contributed by atoms with van der Waals surface area (Å²) in [6, 6.07) is 20.1. The number of fused-ring (bicyclic) bond motifs is 1. The van der Waals surface area contributed by atoms with Crippen molar-refractivity contribution in [1.29, 1.82) is 0 Å². The molecule has 0 N–H and O–H groups in total.